The van der Waals surface area contributed by atoms with Gasteiger partial charge in [0, 0.05) is 18.7 Å². The van der Waals surface area contributed by atoms with Gasteiger partial charge in [0.05, 0.1) is 5.69 Å². The Labute approximate surface area is 105 Å². The Balaban J connectivity index is 2.10. The molecule has 0 aliphatic heterocycles. The summed E-state index contributed by atoms with van der Waals surface area (Å²) in [5.41, 5.74) is 0.938. The van der Waals surface area contributed by atoms with Crippen LogP contribution in [0.2, 0.25) is 0 Å². The van der Waals surface area contributed by atoms with Crippen LogP contribution in [-0.4, -0.2) is 28.5 Å². The van der Waals surface area contributed by atoms with E-state index < -0.39 is 0 Å². The molecule has 0 unspecified atom stereocenters. The maximum Gasteiger partial charge on any atom is 0.148 e. The number of nitrogens with zero attached hydrogens (tertiary/aromatic N) is 2. The second kappa shape index (κ2) is 6.07. The van der Waals surface area contributed by atoms with Crippen molar-refractivity contribution in [1.82, 2.24) is 10.2 Å². The Bertz CT molecular complexity index is 502. The van der Waals surface area contributed by atoms with Gasteiger partial charge < -0.3 is 10.4 Å². The zero-order valence-corrected chi connectivity index (χ0v) is 9.81. The molecule has 0 spiro atoms. The van der Waals surface area contributed by atoms with Gasteiger partial charge in [-0.2, -0.15) is 0 Å². The van der Waals surface area contributed by atoms with Gasteiger partial charge in [0.1, 0.15) is 11.6 Å². The van der Waals surface area contributed by atoms with Crippen LogP contribution < -0.4 is 5.32 Å². The van der Waals surface area contributed by atoms with Crippen molar-refractivity contribution in [3.8, 4) is 11.3 Å². The second-order valence-corrected chi connectivity index (χ2v) is 3.79. The summed E-state index contributed by atoms with van der Waals surface area (Å²) in [6.07, 6.45) is 0.650. The van der Waals surface area contributed by atoms with Crippen LogP contribution in [0.3, 0.4) is 0 Å². The summed E-state index contributed by atoms with van der Waals surface area (Å²) in [6, 6.07) is 9.91. The number of benzene rings is 1. The first-order chi connectivity index (χ1) is 8.81. The molecule has 0 amide bonds. The van der Waals surface area contributed by atoms with Crippen LogP contribution in [0, 0.1) is 5.82 Å². The molecule has 0 saturated carbocycles. The first-order valence-corrected chi connectivity index (χ1v) is 5.74. The third-order valence-corrected chi connectivity index (χ3v) is 2.46. The highest BCUT2D eigenvalue weighted by Crippen LogP contribution is 2.20. The summed E-state index contributed by atoms with van der Waals surface area (Å²) in [5.74, 6) is 0.302. The molecule has 18 heavy (non-hydrogen) atoms. The monoisotopic (exact) mass is 247 g/mol. The van der Waals surface area contributed by atoms with E-state index >= 15 is 0 Å². The smallest absolute Gasteiger partial charge is 0.148 e. The third-order valence-electron chi connectivity index (χ3n) is 2.46. The van der Waals surface area contributed by atoms with Crippen LogP contribution in [0.5, 0.6) is 0 Å². The molecule has 2 N–H and O–H groups in total. The van der Waals surface area contributed by atoms with Crippen molar-refractivity contribution in [2.75, 3.05) is 18.5 Å². The Morgan fingerprint density at radius 3 is 2.61 bits per heavy atom. The predicted molar refractivity (Wildman–Crippen MR) is 67.6 cm³/mol. The molecule has 0 aliphatic carbocycles. The van der Waals surface area contributed by atoms with Crippen molar-refractivity contribution in [3.63, 3.8) is 0 Å². The van der Waals surface area contributed by atoms with E-state index in [2.05, 4.69) is 15.5 Å². The maximum atomic E-state index is 13.5. The van der Waals surface area contributed by atoms with E-state index in [-0.39, 0.29) is 12.4 Å². The zero-order chi connectivity index (χ0) is 12.8. The fourth-order valence-electron chi connectivity index (χ4n) is 1.53. The molecule has 0 radical (unpaired) electrons. The van der Waals surface area contributed by atoms with Crippen LogP contribution in [0.4, 0.5) is 10.2 Å². The summed E-state index contributed by atoms with van der Waals surface area (Å²) in [4.78, 5) is 0. The van der Waals surface area contributed by atoms with Gasteiger partial charge in [-0.25, -0.2) is 4.39 Å². The predicted octanol–water partition coefficient (Wildman–Crippen LogP) is 2.08. The van der Waals surface area contributed by atoms with Crippen LogP contribution in [0.1, 0.15) is 6.42 Å². The fraction of sp³-hybridized carbons (Fsp3) is 0.231. The van der Waals surface area contributed by atoms with Crippen molar-refractivity contribution in [3.05, 3.63) is 42.2 Å². The Hall–Kier alpha value is -2.01. The third kappa shape index (κ3) is 3.01. The molecule has 2 aromatic rings. The van der Waals surface area contributed by atoms with Gasteiger partial charge in [-0.3, -0.25) is 0 Å². The SMILES string of the molecule is OCCCNc1ccc(-c2ccccc2F)nn1. The summed E-state index contributed by atoms with van der Waals surface area (Å²) in [5, 5.41) is 19.6. The minimum Gasteiger partial charge on any atom is -0.396 e. The van der Waals surface area contributed by atoms with E-state index in [1.54, 1.807) is 30.3 Å². The molecular weight excluding hydrogens is 233 g/mol. The van der Waals surface area contributed by atoms with Gasteiger partial charge in [-0.15, -0.1) is 10.2 Å². The summed E-state index contributed by atoms with van der Waals surface area (Å²) in [6.45, 7) is 0.762. The van der Waals surface area contributed by atoms with Crippen LogP contribution in [0.25, 0.3) is 11.3 Å². The highest BCUT2D eigenvalue weighted by molar-refractivity contribution is 5.60. The first kappa shape index (κ1) is 12.4. The molecule has 0 aliphatic rings. The standard InChI is InChI=1S/C13H14FN3O/c14-11-5-2-1-4-10(11)12-6-7-13(17-16-12)15-8-3-9-18/h1-2,4-7,18H,3,8-9H2,(H,15,17). The van der Waals surface area contributed by atoms with E-state index in [0.717, 1.165) is 0 Å². The lowest BCUT2D eigenvalue weighted by atomic mass is 10.1. The van der Waals surface area contributed by atoms with Crippen molar-refractivity contribution in [2.24, 2.45) is 0 Å². The molecule has 0 bridgehead atoms. The molecule has 0 fully saturated rings. The molecule has 2 rings (SSSR count). The average molecular weight is 247 g/mol. The minimum absolute atomic E-state index is 0.133. The number of aromatic nitrogens is 2. The molecule has 1 heterocycles. The number of aliphatic hydroxyl groups is 1. The molecule has 94 valence electrons. The molecule has 1 aromatic heterocycles. The van der Waals surface area contributed by atoms with Gasteiger partial charge in [-0.05, 0) is 30.7 Å². The minimum atomic E-state index is -0.312. The molecule has 0 atom stereocenters. The van der Waals surface area contributed by atoms with Crippen LogP contribution in [0.15, 0.2) is 36.4 Å². The van der Waals surface area contributed by atoms with E-state index in [4.69, 9.17) is 5.11 Å². The highest BCUT2D eigenvalue weighted by Gasteiger charge is 2.05. The Morgan fingerprint density at radius 1 is 1.11 bits per heavy atom. The lowest BCUT2D eigenvalue weighted by Crippen LogP contribution is -2.05. The van der Waals surface area contributed by atoms with Gasteiger partial charge in [0.2, 0.25) is 0 Å². The summed E-state index contributed by atoms with van der Waals surface area (Å²) < 4.78 is 13.5. The quantitative estimate of drug-likeness (QED) is 0.794. The van der Waals surface area contributed by atoms with E-state index in [1.807, 2.05) is 0 Å². The molecular formula is C13H14FN3O. The second-order valence-electron chi connectivity index (χ2n) is 3.79. The number of hydrogen-bond acceptors (Lipinski definition) is 4. The topological polar surface area (TPSA) is 58.0 Å². The van der Waals surface area contributed by atoms with Crippen molar-refractivity contribution < 1.29 is 9.50 Å². The zero-order valence-electron chi connectivity index (χ0n) is 9.81. The number of aliphatic hydroxyl groups excluding tert-OH is 1. The van der Waals surface area contributed by atoms with Gasteiger partial charge in [-0.1, -0.05) is 12.1 Å². The number of halogens is 1. The molecule has 0 saturated heterocycles. The molecule has 1 aromatic carbocycles. The van der Waals surface area contributed by atoms with Crippen molar-refractivity contribution >= 4 is 5.82 Å². The van der Waals surface area contributed by atoms with Crippen molar-refractivity contribution in [1.29, 1.82) is 0 Å². The largest absolute Gasteiger partial charge is 0.396 e. The average Bonchev–Trinajstić information content (AvgIpc) is 2.41. The van der Waals surface area contributed by atoms with E-state index in [9.17, 15) is 4.39 Å². The normalized spacial score (nSPS) is 10.3. The van der Waals surface area contributed by atoms with Crippen LogP contribution >= 0.6 is 0 Å². The Kier molecular flexibility index (Phi) is 4.20. The number of anilines is 1. The van der Waals surface area contributed by atoms with Gasteiger partial charge in [0.25, 0.3) is 0 Å². The lowest BCUT2D eigenvalue weighted by molar-refractivity contribution is 0.292. The molecule has 5 heteroatoms. The van der Waals surface area contributed by atoms with E-state index in [1.165, 1.54) is 6.07 Å². The summed E-state index contributed by atoms with van der Waals surface area (Å²) in [7, 11) is 0. The number of rotatable bonds is 5. The lowest BCUT2D eigenvalue weighted by Gasteiger charge is -2.05. The summed E-state index contributed by atoms with van der Waals surface area (Å²) >= 11 is 0. The van der Waals surface area contributed by atoms with Crippen LogP contribution in [-0.2, 0) is 0 Å². The molecule has 4 nitrogen and oxygen atoms in total. The number of nitrogens with one attached hydrogen (secondary N) is 1. The maximum absolute atomic E-state index is 13.5. The Morgan fingerprint density at radius 2 is 1.94 bits per heavy atom. The van der Waals surface area contributed by atoms with E-state index in [0.29, 0.717) is 30.0 Å². The number of hydrogen-bond donors (Lipinski definition) is 2. The first-order valence-electron chi connectivity index (χ1n) is 5.74. The van der Waals surface area contributed by atoms with Gasteiger partial charge in [0.15, 0.2) is 0 Å². The van der Waals surface area contributed by atoms with Crippen molar-refractivity contribution in [2.45, 2.75) is 6.42 Å². The highest BCUT2D eigenvalue weighted by atomic mass is 19.1. The fourth-order valence-corrected chi connectivity index (χ4v) is 1.53. The van der Waals surface area contributed by atoms with Gasteiger partial charge >= 0.3 is 0 Å².